The van der Waals surface area contributed by atoms with Gasteiger partial charge in [-0.1, -0.05) is 18.6 Å². The Balaban J connectivity index is 1.95. The van der Waals surface area contributed by atoms with Crippen LogP contribution in [0.15, 0.2) is 22.6 Å². The minimum atomic E-state index is 0.638. The number of nitrogens with one attached hydrogen (secondary N) is 1. The Bertz CT molecular complexity index is 549. The van der Waals surface area contributed by atoms with Crippen LogP contribution in [0, 0.1) is 13.8 Å². The summed E-state index contributed by atoms with van der Waals surface area (Å²) in [5.41, 5.74) is 3.77. The largest absolute Gasteiger partial charge is 0.461 e. The molecule has 0 spiro atoms. The molecule has 18 heavy (non-hydrogen) atoms. The Labute approximate surface area is 108 Å². The van der Waals surface area contributed by atoms with Gasteiger partial charge in [0.25, 0.3) is 0 Å². The van der Waals surface area contributed by atoms with Gasteiger partial charge in [0.15, 0.2) is 0 Å². The van der Waals surface area contributed by atoms with E-state index in [1.807, 2.05) is 0 Å². The number of hydrogen-bond donors (Lipinski definition) is 1. The molecule has 1 aliphatic rings. The first-order valence-corrected chi connectivity index (χ1v) is 6.96. The second-order valence-electron chi connectivity index (χ2n) is 5.42. The summed E-state index contributed by atoms with van der Waals surface area (Å²) in [5, 5.41) is 4.96. The Morgan fingerprint density at radius 2 is 2.17 bits per heavy atom. The van der Waals surface area contributed by atoms with Gasteiger partial charge in [0, 0.05) is 11.4 Å². The zero-order chi connectivity index (χ0) is 12.5. The van der Waals surface area contributed by atoms with Crippen molar-refractivity contribution in [1.82, 2.24) is 5.32 Å². The van der Waals surface area contributed by atoms with Gasteiger partial charge >= 0.3 is 0 Å². The Kier molecular flexibility index (Phi) is 3.13. The van der Waals surface area contributed by atoms with Crippen molar-refractivity contribution < 1.29 is 4.42 Å². The number of aryl methyl sites for hydroxylation is 2. The zero-order valence-electron chi connectivity index (χ0n) is 11.3. The molecular weight excluding hydrogens is 222 g/mol. The molecular formula is C16H21NO. The molecule has 0 bridgehead atoms. The van der Waals surface area contributed by atoms with E-state index in [2.05, 4.69) is 37.4 Å². The number of rotatable bonds is 2. The molecule has 0 saturated carbocycles. The molecule has 0 amide bonds. The van der Waals surface area contributed by atoms with E-state index in [0.717, 1.165) is 17.8 Å². The molecule has 2 heterocycles. The van der Waals surface area contributed by atoms with Gasteiger partial charge in [-0.3, -0.25) is 0 Å². The van der Waals surface area contributed by atoms with Crippen molar-refractivity contribution >= 4 is 11.0 Å². The lowest BCUT2D eigenvalue weighted by atomic mass is 9.95. The zero-order valence-corrected chi connectivity index (χ0v) is 11.3. The molecule has 2 aromatic rings. The smallest absolute Gasteiger partial charge is 0.134 e. The van der Waals surface area contributed by atoms with Gasteiger partial charge in [0.1, 0.15) is 11.3 Å². The summed E-state index contributed by atoms with van der Waals surface area (Å²) < 4.78 is 5.81. The first-order chi connectivity index (χ1) is 8.75. The molecule has 1 unspecified atom stereocenters. The van der Waals surface area contributed by atoms with Crippen molar-refractivity contribution in [3.05, 3.63) is 35.1 Å². The van der Waals surface area contributed by atoms with Crippen LogP contribution >= 0.6 is 0 Å². The normalized spacial score (nSPS) is 20.4. The standard InChI is InChI=1S/C16H21NO/c1-11-12(2)18-15-8-5-6-13(16(11)15)10-14-7-3-4-9-17-14/h5-6,8,14,17H,3-4,7,9-10H2,1-2H3. The Morgan fingerprint density at radius 3 is 2.94 bits per heavy atom. The van der Waals surface area contributed by atoms with Crippen LogP contribution < -0.4 is 5.32 Å². The summed E-state index contributed by atoms with van der Waals surface area (Å²) in [6.07, 6.45) is 5.10. The summed E-state index contributed by atoms with van der Waals surface area (Å²) in [6.45, 7) is 5.39. The maximum atomic E-state index is 5.81. The van der Waals surface area contributed by atoms with Crippen molar-refractivity contribution in [2.45, 2.75) is 45.6 Å². The molecule has 1 atom stereocenters. The van der Waals surface area contributed by atoms with E-state index in [9.17, 15) is 0 Å². The number of hydrogen-bond acceptors (Lipinski definition) is 2. The van der Waals surface area contributed by atoms with Gasteiger partial charge < -0.3 is 9.73 Å². The van der Waals surface area contributed by atoms with Crippen LogP contribution in [-0.2, 0) is 6.42 Å². The van der Waals surface area contributed by atoms with Crippen molar-refractivity contribution in [2.75, 3.05) is 6.54 Å². The fourth-order valence-corrected chi connectivity index (χ4v) is 3.04. The number of fused-ring (bicyclic) bond motifs is 1. The minimum absolute atomic E-state index is 0.638. The molecule has 1 saturated heterocycles. The Hall–Kier alpha value is -1.28. The molecule has 1 N–H and O–H groups in total. The second kappa shape index (κ2) is 4.77. The van der Waals surface area contributed by atoms with Gasteiger partial charge in [-0.25, -0.2) is 0 Å². The number of benzene rings is 1. The van der Waals surface area contributed by atoms with Crippen LogP contribution in [0.4, 0.5) is 0 Å². The highest BCUT2D eigenvalue weighted by Gasteiger charge is 2.16. The van der Waals surface area contributed by atoms with E-state index in [0.29, 0.717) is 6.04 Å². The van der Waals surface area contributed by atoms with Crippen molar-refractivity contribution in [2.24, 2.45) is 0 Å². The SMILES string of the molecule is Cc1oc2cccc(CC3CCCCN3)c2c1C. The van der Waals surface area contributed by atoms with Crippen LogP contribution in [0.3, 0.4) is 0 Å². The van der Waals surface area contributed by atoms with Gasteiger partial charge in [-0.05, 0) is 56.8 Å². The van der Waals surface area contributed by atoms with Crippen LogP contribution in [-0.4, -0.2) is 12.6 Å². The number of furan rings is 1. The van der Waals surface area contributed by atoms with Crippen LogP contribution in [0.5, 0.6) is 0 Å². The lowest BCUT2D eigenvalue weighted by molar-refractivity contribution is 0.400. The topological polar surface area (TPSA) is 25.2 Å². The third-order valence-corrected chi connectivity index (χ3v) is 4.16. The average molecular weight is 243 g/mol. The summed E-state index contributed by atoms with van der Waals surface area (Å²) in [7, 11) is 0. The van der Waals surface area contributed by atoms with Crippen LogP contribution in [0.25, 0.3) is 11.0 Å². The fourth-order valence-electron chi connectivity index (χ4n) is 3.04. The lowest BCUT2D eigenvalue weighted by Gasteiger charge is -2.23. The lowest BCUT2D eigenvalue weighted by Crippen LogP contribution is -2.35. The number of piperidine rings is 1. The first kappa shape index (κ1) is 11.8. The predicted molar refractivity (Wildman–Crippen MR) is 75.0 cm³/mol. The third-order valence-electron chi connectivity index (χ3n) is 4.16. The van der Waals surface area contributed by atoms with E-state index in [4.69, 9.17) is 4.42 Å². The molecule has 2 nitrogen and oxygen atoms in total. The molecule has 2 heteroatoms. The highest BCUT2D eigenvalue weighted by atomic mass is 16.3. The summed E-state index contributed by atoms with van der Waals surface area (Å²) in [6, 6.07) is 7.08. The molecule has 3 rings (SSSR count). The monoisotopic (exact) mass is 243 g/mol. The maximum Gasteiger partial charge on any atom is 0.134 e. The van der Waals surface area contributed by atoms with Crippen molar-refractivity contribution in [1.29, 1.82) is 0 Å². The van der Waals surface area contributed by atoms with Crippen molar-refractivity contribution in [3.63, 3.8) is 0 Å². The average Bonchev–Trinajstić information content (AvgIpc) is 2.67. The highest BCUT2D eigenvalue weighted by molar-refractivity contribution is 5.85. The van der Waals surface area contributed by atoms with E-state index < -0.39 is 0 Å². The molecule has 0 aliphatic carbocycles. The van der Waals surface area contributed by atoms with E-state index in [1.165, 1.54) is 42.3 Å². The van der Waals surface area contributed by atoms with E-state index >= 15 is 0 Å². The fraction of sp³-hybridized carbons (Fsp3) is 0.500. The van der Waals surface area contributed by atoms with Gasteiger partial charge in [0.2, 0.25) is 0 Å². The maximum absolute atomic E-state index is 5.81. The predicted octanol–water partition coefficient (Wildman–Crippen LogP) is 3.73. The second-order valence-corrected chi connectivity index (χ2v) is 5.42. The quantitative estimate of drug-likeness (QED) is 0.869. The molecule has 1 aliphatic heterocycles. The first-order valence-electron chi connectivity index (χ1n) is 6.96. The van der Waals surface area contributed by atoms with Gasteiger partial charge in [-0.2, -0.15) is 0 Å². The summed E-state index contributed by atoms with van der Waals surface area (Å²) in [5.74, 6) is 1.05. The third kappa shape index (κ3) is 2.05. The highest BCUT2D eigenvalue weighted by Crippen LogP contribution is 2.29. The Morgan fingerprint density at radius 1 is 1.28 bits per heavy atom. The van der Waals surface area contributed by atoms with Crippen LogP contribution in [0.2, 0.25) is 0 Å². The van der Waals surface area contributed by atoms with Crippen molar-refractivity contribution in [3.8, 4) is 0 Å². The van der Waals surface area contributed by atoms with Crippen LogP contribution in [0.1, 0.15) is 36.1 Å². The van der Waals surface area contributed by atoms with E-state index in [-0.39, 0.29) is 0 Å². The van der Waals surface area contributed by atoms with E-state index in [1.54, 1.807) is 0 Å². The van der Waals surface area contributed by atoms with Gasteiger partial charge in [0.05, 0.1) is 0 Å². The molecule has 0 radical (unpaired) electrons. The molecule has 1 aromatic carbocycles. The molecule has 96 valence electrons. The summed E-state index contributed by atoms with van der Waals surface area (Å²) in [4.78, 5) is 0. The van der Waals surface area contributed by atoms with Gasteiger partial charge in [-0.15, -0.1) is 0 Å². The molecule has 1 fully saturated rings. The minimum Gasteiger partial charge on any atom is -0.461 e. The molecule has 1 aromatic heterocycles. The summed E-state index contributed by atoms with van der Waals surface area (Å²) >= 11 is 0.